The number of benzene rings is 1. The summed E-state index contributed by atoms with van der Waals surface area (Å²) >= 11 is 0. The van der Waals surface area contributed by atoms with Crippen molar-refractivity contribution in [3.05, 3.63) is 47.0 Å². The molecule has 0 radical (unpaired) electrons. The summed E-state index contributed by atoms with van der Waals surface area (Å²) in [5.74, 6) is 0.755. The van der Waals surface area contributed by atoms with E-state index < -0.39 is 23.2 Å². The van der Waals surface area contributed by atoms with Crippen LogP contribution < -0.4 is 5.32 Å². The molecule has 0 aromatic heterocycles. The van der Waals surface area contributed by atoms with Crippen LogP contribution in [0.1, 0.15) is 139 Å². The second kappa shape index (κ2) is 14.4. The predicted molar refractivity (Wildman–Crippen MR) is 210 cm³/mol. The predicted octanol–water partition coefficient (Wildman–Crippen LogP) is 8.33. The Balaban J connectivity index is 1.30. The Kier molecular flexibility index (Phi) is 11.0. The van der Waals surface area contributed by atoms with Gasteiger partial charge in [-0.15, -0.1) is 0 Å². The molecule has 0 aliphatic heterocycles. The third-order valence-electron chi connectivity index (χ3n) is 16.4. The van der Waals surface area contributed by atoms with Crippen molar-refractivity contribution in [3.8, 4) is 0 Å². The molecule has 4 saturated carbocycles. The summed E-state index contributed by atoms with van der Waals surface area (Å²) in [6.45, 7) is 22.5. The first-order valence-corrected chi connectivity index (χ1v) is 20.9. The van der Waals surface area contributed by atoms with Crippen molar-refractivity contribution in [1.29, 1.82) is 0 Å². The largest absolute Gasteiger partial charge is 0.462 e. The van der Waals surface area contributed by atoms with Gasteiger partial charge in [-0.05, 0) is 108 Å². The first-order chi connectivity index (χ1) is 25.1. The van der Waals surface area contributed by atoms with Crippen LogP contribution in [-0.4, -0.2) is 53.0 Å². The van der Waals surface area contributed by atoms with E-state index in [-0.39, 0.29) is 63.7 Å². The number of ether oxygens (including phenoxy) is 2. The molecule has 5 aliphatic carbocycles. The van der Waals surface area contributed by atoms with Gasteiger partial charge in [-0.1, -0.05) is 92.6 Å². The van der Waals surface area contributed by atoms with Crippen molar-refractivity contribution in [2.24, 2.45) is 56.2 Å². The van der Waals surface area contributed by atoms with E-state index in [1.54, 1.807) is 13.8 Å². The zero-order valence-electron chi connectivity index (χ0n) is 34.8. The molecular weight excluding hydrogens is 679 g/mol. The average molecular weight is 748 g/mol. The van der Waals surface area contributed by atoms with Crippen LogP contribution >= 0.6 is 0 Å². The second-order valence-electron chi connectivity index (χ2n) is 20.4. The fourth-order valence-electron chi connectivity index (χ4n) is 13.4. The van der Waals surface area contributed by atoms with Gasteiger partial charge in [-0.25, -0.2) is 0 Å². The van der Waals surface area contributed by atoms with Gasteiger partial charge in [0.25, 0.3) is 0 Å². The maximum absolute atomic E-state index is 14.3. The molecule has 8 heteroatoms. The van der Waals surface area contributed by atoms with Crippen LogP contribution in [0, 0.1) is 56.2 Å². The molecule has 1 aromatic rings. The van der Waals surface area contributed by atoms with Crippen molar-refractivity contribution in [3.63, 3.8) is 0 Å². The molecule has 0 bridgehead atoms. The number of fused-ring (bicyclic) bond motifs is 7. The van der Waals surface area contributed by atoms with E-state index in [1.165, 1.54) is 18.1 Å². The van der Waals surface area contributed by atoms with Crippen molar-refractivity contribution < 1.29 is 34.1 Å². The highest BCUT2D eigenvalue weighted by molar-refractivity contribution is 6.01. The minimum atomic E-state index is -1.59. The maximum Gasteiger partial charge on any atom is 0.306 e. The van der Waals surface area contributed by atoms with Crippen LogP contribution in [-0.2, 0) is 30.4 Å². The summed E-state index contributed by atoms with van der Waals surface area (Å²) in [5, 5.41) is 23.3. The van der Waals surface area contributed by atoms with Gasteiger partial charge in [0.1, 0.15) is 12.2 Å². The highest BCUT2D eigenvalue weighted by Crippen LogP contribution is 2.77. The fourth-order valence-corrected chi connectivity index (χ4v) is 13.4. The summed E-state index contributed by atoms with van der Waals surface area (Å²) in [6.07, 6.45) is 5.94. The first kappa shape index (κ1) is 41.1. The lowest BCUT2D eigenvalue weighted by Crippen LogP contribution is -2.66. The highest BCUT2D eigenvalue weighted by Gasteiger charge is 2.71. The van der Waals surface area contributed by atoms with E-state index >= 15 is 0 Å². The Hall–Kier alpha value is -2.55. The normalized spacial score (nSPS) is 36.6. The molecule has 0 spiro atoms. The molecule has 4 fully saturated rings. The number of carbonyl (C=O) groups is 3. The molecule has 54 heavy (non-hydrogen) atoms. The lowest BCUT2D eigenvalue weighted by Gasteiger charge is -2.72. The third kappa shape index (κ3) is 6.62. The van der Waals surface area contributed by atoms with Crippen LogP contribution in [0.2, 0.25) is 0 Å². The lowest BCUT2D eigenvalue weighted by atomic mass is 9.33. The van der Waals surface area contributed by atoms with Gasteiger partial charge in [0, 0.05) is 42.7 Å². The van der Waals surface area contributed by atoms with Gasteiger partial charge in [-0.2, -0.15) is 0 Å². The molecular formula is C46H69NO7. The van der Waals surface area contributed by atoms with Crippen LogP contribution in [0.25, 0.3) is 0 Å². The van der Waals surface area contributed by atoms with Crippen molar-refractivity contribution in [1.82, 2.24) is 5.32 Å². The summed E-state index contributed by atoms with van der Waals surface area (Å²) in [5.41, 5.74) is 1.82. The molecule has 300 valence electrons. The molecule has 1 unspecified atom stereocenters. The number of carbonyl (C=O) groups excluding carboxylic acids is 3. The zero-order chi connectivity index (χ0) is 39.6. The quantitative estimate of drug-likeness (QED) is 0.153. The standard InChI is InChI=1S/C46H69NO7/c1-28(2)38-32(49)24-46(36(53-29(3)48)27-47-26-30-14-12-11-13-15-30)23-22-44(9)31(39(38)46)16-17-34-43(8)20-19-35(54-37(50)25-41(4,5)40(51)52)42(6,7)33(43)18-21-45(34,44)10/h11-15,28,31,33-36,40,47,51-52H,16-27H2,1-10H3/t31-,33+,34-,35+,36?,43+,44-,45-,46+/m1/s1. The van der Waals surface area contributed by atoms with E-state index in [2.05, 4.69) is 65.9 Å². The van der Waals surface area contributed by atoms with Gasteiger partial charge in [0.15, 0.2) is 12.1 Å². The molecule has 5 aliphatic rings. The summed E-state index contributed by atoms with van der Waals surface area (Å²) in [4.78, 5) is 40.2. The molecule has 8 nitrogen and oxygen atoms in total. The first-order valence-electron chi connectivity index (χ1n) is 20.9. The van der Waals surface area contributed by atoms with Gasteiger partial charge >= 0.3 is 11.9 Å². The van der Waals surface area contributed by atoms with Crippen molar-refractivity contribution in [2.75, 3.05) is 6.54 Å². The van der Waals surface area contributed by atoms with E-state index in [4.69, 9.17) is 9.47 Å². The molecule has 3 N–H and O–H groups in total. The number of hydrogen-bond donors (Lipinski definition) is 3. The molecule has 0 heterocycles. The van der Waals surface area contributed by atoms with Gasteiger partial charge in [0.2, 0.25) is 0 Å². The lowest BCUT2D eigenvalue weighted by molar-refractivity contribution is -0.236. The number of aliphatic hydroxyl groups excluding tert-OH is 1. The Morgan fingerprint density at radius 1 is 0.907 bits per heavy atom. The van der Waals surface area contributed by atoms with Gasteiger partial charge < -0.3 is 25.0 Å². The molecule has 0 saturated heterocycles. The monoisotopic (exact) mass is 748 g/mol. The number of nitrogens with one attached hydrogen (secondary N) is 1. The van der Waals surface area contributed by atoms with E-state index in [9.17, 15) is 24.6 Å². The Bertz CT molecular complexity index is 1630. The minimum absolute atomic E-state index is 0.0318. The van der Waals surface area contributed by atoms with Crippen LogP contribution in [0.3, 0.4) is 0 Å². The molecule has 9 atom stereocenters. The Morgan fingerprint density at radius 2 is 1.59 bits per heavy atom. The van der Waals surface area contributed by atoms with Crippen LogP contribution in [0.5, 0.6) is 0 Å². The summed E-state index contributed by atoms with van der Waals surface area (Å²) in [7, 11) is 0. The average Bonchev–Trinajstić information content (AvgIpc) is 3.39. The van der Waals surface area contributed by atoms with Crippen LogP contribution in [0.15, 0.2) is 41.5 Å². The molecule has 0 amide bonds. The highest BCUT2D eigenvalue weighted by atomic mass is 16.5. The second-order valence-corrected chi connectivity index (χ2v) is 20.4. The number of ketones is 1. The Labute approximate surface area is 324 Å². The van der Waals surface area contributed by atoms with E-state index in [0.717, 1.165) is 56.9 Å². The summed E-state index contributed by atoms with van der Waals surface area (Å²) < 4.78 is 12.5. The van der Waals surface area contributed by atoms with Crippen molar-refractivity contribution in [2.45, 2.75) is 158 Å². The summed E-state index contributed by atoms with van der Waals surface area (Å²) in [6, 6.07) is 10.3. The fraction of sp³-hybridized carbons (Fsp3) is 0.761. The van der Waals surface area contributed by atoms with E-state index in [0.29, 0.717) is 31.3 Å². The minimum Gasteiger partial charge on any atom is -0.462 e. The van der Waals surface area contributed by atoms with Gasteiger partial charge in [-0.3, -0.25) is 14.4 Å². The van der Waals surface area contributed by atoms with Gasteiger partial charge in [0.05, 0.1) is 6.42 Å². The molecule has 6 rings (SSSR count). The Morgan fingerprint density at radius 3 is 2.22 bits per heavy atom. The SMILES string of the molecule is CC(=O)OC(CNCc1ccccc1)[C@@]12CC[C@]3(C)[C@H](CC[C@@H]4[C@@]5(C)CC[C@H](OC(=O)CC(C)(C)C(O)O)C(C)(C)[C@@H]5CC[C@]43C)C1=C(C(C)C)C(=O)C2. The maximum atomic E-state index is 14.3. The third-order valence-corrected chi connectivity index (χ3v) is 16.4. The molecule has 1 aromatic carbocycles. The smallest absolute Gasteiger partial charge is 0.306 e. The zero-order valence-corrected chi connectivity index (χ0v) is 34.8. The number of Topliss-reactive ketones (excluding diaryl/α,β-unsaturated/α-hetero) is 1. The number of hydrogen-bond acceptors (Lipinski definition) is 8. The topological polar surface area (TPSA) is 122 Å². The van der Waals surface area contributed by atoms with E-state index in [1.807, 2.05) is 18.2 Å². The van der Waals surface area contributed by atoms with Crippen molar-refractivity contribution >= 4 is 17.7 Å². The number of aliphatic hydroxyl groups is 2. The number of allylic oxidation sites excluding steroid dienone is 1. The number of rotatable bonds is 11. The van der Waals surface area contributed by atoms with Crippen LogP contribution in [0.4, 0.5) is 0 Å². The number of esters is 2.